The first-order valence-electron chi connectivity index (χ1n) is 5.40. The van der Waals surface area contributed by atoms with Crippen molar-refractivity contribution in [2.24, 2.45) is 5.73 Å². The summed E-state index contributed by atoms with van der Waals surface area (Å²) in [6, 6.07) is 5.00. The maximum Gasteiger partial charge on any atom is 0.231 e. The lowest BCUT2D eigenvalue weighted by Crippen LogP contribution is -2.37. The standard InChI is InChI=1S/C12H17ClN2O2/c1-8(2)15(7-12(14)17)6-9-5-10(13)3-4-11(9)16/h3-5,8,16H,6-7H2,1-2H3,(H2,14,17). The molecule has 0 radical (unpaired) electrons. The summed E-state index contributed by atoms with van der Waals surface area (Å²) in [6.07, 6.45) is 0. The number of carbonyl (C=O) groups excluding carboxylic acids is 1. The lowest BCUT2D eigenvalue weighted by atomic mass is 10.1. The van der Waals surface area contributed by atoms with Gasteiger partial charge in [-0.05, 0) is 32.0 Å². The van der Waals surface area contributed by atoms with Gasteiger partial charge in [-0.1, -0.05) is 11.6 Å². The van der Waals surface area contributed by atoms with E-state index in [1.165, 1.54) is 0 Å². The summed E-state index contributed by atoms with van der Waals surface area (Å²) in [6.45, 7) is 4.52. The number of halogens is 1. The molecule has 0 heterocycles. The van der Waals surface area contributed by atoms with Crippen LogP contribution in [0.2, 0.25) is 5.02 Å². The Hall–Kier alpha value is -1.26. The zero-order valence-corrected chi connectivity index (χ0v) is 10.7. The van der Waals surface area contributed by atoms with Gasteiger partial charge in [0, 0.05) is 23.2 Å². The van der Waals surface area contributed by atoms with Crippen LogP contribution in [-0.4, -0.2) is 28.5 Å². The molecular formula is C12H17ClN2O2. The molecule has 0 fully saturated rings. The highest BCUT2D eigenvalue weighted by Gasteiger charge is 2.14. The lowest BCUT2D eigenvalue weighted by Gasteiger charge is -2.25. The number of phenols is 1. The molecule has 0 aliphatic heterocycles. The van der Waals surface area contributed by atoms with Crippen molar-refractivity contribution >= 4 is 17.5 Å². The fraction of sp³-hybridized carbons (Fsp3) is 0.417. The zero-order valence-electron chi connectivity index (χ0n) is 9.98. The third-order valence-electron chi connectivity index (χ3n) is 2.50. The highest BCUT2D eigenvalue weighted by molar-refractivity contribution is 6.30. The molecule has 1 aromatic rings. The average Bonchev–Trinajstić information content (AvgIpc) is 2.21. The first-order valence-corrected chi connectivity index (χ1v) is 5.77. The molecule has 1 amide bonds. The number of aromatic hydroxyl groups is 1. The van der Waals surface area contributed by atoms with Crippen molar-refractivity contribution in [3.05, 3.63) is 28.8 Å². The van der Waals surface area contributed by atoms with Crippen LogP contribution < -0.4 is 5.73 Å². The summed E-state index contributed by atoms with van der Waals surface area (Å²) in [4.78, 5) is 12.8. The number of benzene rings is 1. The molecule has 1 rings (SSSR count). The summed E-state index contributed by atoms with van der Waals surface area (Å²) in [5, 5.41) is 10.3. The van der Waals surface area contributed by atoms with Gasteiger partial charge in [-0.3, -0.25) is 9.69 Å². The highest BCUT2D eigenvalue weighted by Crippen LogP contribution is 2.23. The molecule has 0 spiro atoms. The molecule has 0 atom stereocenters. The van der Waals surface area contributed by atoms with E-state index < -0.39 is 0 Å². The van der Waals surface area contributed by atoms with Gasteiger partial charge in [-0.15, -0.1) is 0 Å². The quantitative estimate of drug-likeness (QED) is 0.843. The van der Waals surface area contributed by atoms with Crippen LogP contribution in [0.25, 0.3) is 0 Å². The Kier molecular flexibility index (Phi) is 4.78. The smallest absolute Gasteiger partial charge is 0.231 e. The number of nitrogens with two attached hydrogens (primary N) is 1. The van der Waals surface area contributed by atoms with Crippen molar-refractivity contribution in [1.29, 1.82) is 0 Å². The third-order valence-corrected chi connectivity index (χ3v) is 2.74. The molecule has 94 valence electrons. The van der Waals surface area contributed by atoms with Crippen molar-refractivity contribution in [1.82, 2.24) is 4.90 Å². The van der Waals surface area contributed by atoms with Crippen molar-refractivity contribution in [3.8, 4) is 5.75 Å². The number of amides is 1. The van der Waals surface area contributed by atoms with Crippen LogP contribution >= 0.6 is 11.6 Å². The van der Waals surface area contributed by atoms with Crippen LogP contribution in [0, 0.1) is 0 Å². The molecule has 1 aromatic carbocycles. The largest absolute Gasteiger partial charge is 0.508 e. The van der Waals surface area contributed by atoms with Crippen molar-refractivity contribution in [2.45, 2.75) is 26.4 Å². The second-order valence-electron chi connectivity index (χ2n) is 4.24. The second-order valence-corrected chi connectivity index (χ2v) is 4.67. The number of carbonyl (C=O) groups is 1. The molecule has 0 aliphatic carbocycles. The van der Waals surface area contributed by atoms with E-state index in [4.69, 9.17) is 17.3 Å². The van der Waals surface area contributed by atoms with Gasteiger partial charge in [0.05, 0.1) is 6.54 Å². The fourth-order valence-corrected chi connectivity index (χ4v) is 1.72. The van der Waals surface area contributed by atoms with E-state index in [0.29, 0.717) is 17.1 Å². The van der Waals surface area contributed by atoms with Crippen molar-refractivity contribution in [2.75, 3.05) is 6.54 Å². The molecule has 0 saturated heterocycles. The SMILES string of the molecule is CC(C)N(CC(N)=O)Cc1cc(Cl)ccc1O. The van der Waals surface area contributed by atoms with Gasteiger partial charge >= 0.3 is 0 Å². The molecule has 17 heavy (non-hydrogen) atoms. The molecule has 5 heteroatoms. The van der Waals surface area contributed by atoms with Crippen LogP contribution in [0.3, 0.4) is 0 Å². The first-order chi connectivity index (χ1) is 7.90. The van der Waals surface area contributed by atoms with Gasteiger partial charge in [-0.2, -0.15) is 0 Å². The van der Waals surface area contributed by atoms with Crippen LogP contribution in [0.1, 0.15) is 19.4 Å². The van der Waals surface area contributed by atoms with E-state index in [2.05, 4.69) is 0 Å². The Bertz CT molecular complexity index is 407. The van der Waals surface area contributed by atoms with E-state index in [1.54, 1.807) is 18.2 Å². The molecule has 0 unspecified atom stereocenters. The molecule has 0 saturated carbocycles. The number of nitrogens with zero attached hydrogens (tertiary/aromatic N) is 1. The third kappa shape index (κ3) is 4.24. The minimum absolute atomic E-state index is 0.154. The predicted octanol–water partition coefficient (Wildman–Crippen LogP) is 1.74. The average molecular weight is 257 g/mol. The molecule has 0 bridgehead atoms. The molecule has 3 N–H and O–H groups in total. The van der Waals surface area contributed by atoms with Crippen molar-refractivity contribution < 1.29 is 9.90 Å². The topological polar surface area (TPSA) is 66.6 Å². The van der Waals surface area contributed by atoms with Crippen LogP contribution in [0.5, 0.6) is 5.75 Å². The van der Waals surface area contributed by atoms with Gasteiger partial charge in [0.25, 0.3) is 0 Å². The van der Waals surface area contributed by atoms with Crippen molar-refractivity contribution in [3.63, 3.8) is 0 Å². The Labute approximate surface area is 106 Å². The number of hydrogen-bond donors (Lipinski definition) is 2. The zero-order chi connectivity index (χ0) is 13.0. The number of primary amides is 1. The van der Waals surface area contributed by atoms with E-state index in [0.717, 1.165) is 0 Å². The summed E-state index contributed by atoms with van der Waals surface area (Å²) in [5.41, 5.74) is 5.87. The van der Waals surface area contributed by atoms with Gasteiger partial charge < -0.3 is 10.8 Å². The normalized spacial score (nSPS) is 11.1. The fourth-order valence-electron chi connectivity index (χ4n) is 1.52. The molecule has 0 aromatic heterocycles. The number of phenolic OH excluding ortho intramolecular Hbond substituents is 1. The molecule has 4 nitrogen and oxygen atoms in total. The first kappa shape index (κ1) is 13.8. The van der Waals surface area contributed by atoms with E-state index in [9.17, 15) is 9.90 Å². The maximum absolute atomic E-state index is 10.9. The summed E-state index contributed by atoms with van der Waals surface area (Å²) in [5.74, 6) is -0.218. The number of hydrogen-bond acceptors (Lipinski definition) is 3. The van der Waals surface area contributed by atoms with Gasteiger partial charge in [-0.25, -0.2) is 0 Å². The summed E-state index contributed by atoms with van der Waals surface area (Å²) >= 11 is 5.86. The molecular weight excluding hydrogens is 240 g/mol. The maximum atomic E-state index is 10.9. The second kappa shape index (κ2) is 5.89. The monoisotopic (exact) mass is 256 g/mol. The van der Waals surface area contributed by atoms with Crippen LogP contribution in [0.4, 0.5) is 0 Å². The van der Waals surface area contributed by atoms with E-state index in [1.807, 2.05) is 18.7 Å². The molecule has 0 aliphatic rings. The Morgan fingerprint density at radius 1 is 1.53 bits per heavy atom. The van der Waals surface area contributed by atoms with Crippen LogP contribution in [-0.2, 0) is 11.3 Å². The Morgan fingerprint density at radius 3 is 2.71 bits per heavy atom. The van der Waals surface area contributed by atoms with Crippen LogP contribution in [0.15, 0.2) is 18.2 Å². The Morgan fingerprint density at radius 2 is 2.18 bits per heavy atom. The van der Waals surface area contributed by atoms with Gasteiger partial charge in [0.2, 0.25) is 5.91 Å². The lowest BCUT2D eigenvalue weighted by molar-refractivity contribution is -0.119. The van der Waals surface area contributed by atoms with Gasteiger partial charge in [0.15, 0.2) is 0 Å². The predicted molar refractivity (Wildman–Crippen MR) is 67.9 cm³/mol. The van der Waals surface area contributed by atoms with Gasteiger partial charge in [0.1, 0.15) is 5.75 Å². The summed E-state index contributed by atoms with van der Waals surface area (Å²) < 4.78 is 0. The minimum Gasteiger partial charge on any atom is -0.508 e. The Balaban J connectivity index is 2.85. The van der Waals surface area contributed by atoms with E-state index >= 15 is 0 Å². The minimum atomic E-state index is -0.389. The summed E-state index contributed by atoms with van der Waals surface area (Å²) in [7, 11) is 0. The van der Waals surface area contributed by atoms with E-state index in [-0.39, 0.29) is 24.2 Å². The highest BCUT2D eigenvalue weighted by atomic mass is 35.5. The number of rotatable bonds is 5.